The molecule has 0 amide bonds. The zero-order valence-corrected chi connectivity index (χ0v) is 16.5. The van der Waals surface area contributed by atoms with Gasteiger partial charge in [0.05, 0.1) is 5.71 Å². The predicted molar refractivity (Wildman–Crippen MR) is 113 cm³/mol. The maximum atomic E-state index is 8.52. The second-order valence-corrected chi connectivity index (χ2v) is 6.94. The number of hydrogen-bond acceptors (Lipinski definition) is 4. The van der Waals surface area contributed by atoms with Crippen molar-refractivity contribution in [3.8, 4) is 0 Å². The topological polar surface area (TPSA) is 47.9 Å². The van der Waals surface area contributed by atoms with Crippen LogP contribution in [-0.2, 0) is 13.1 Å². The third-order valence-electron chi connectivity index (χ3n) is 4.75. The molecule has 146 valence electrons. The van der Waals surface area contributed by atoms with Gasteiger partial charge in [0.25, 0.3) is 0 Å². The molecule has 2 aromatic rings. The average Bonchev–Trinajstić information content (AvgIpc) is 2.75. The molecule has 1 saturated heterocycles. The van der Waals surface area contributed by atoms with Crippen LogP contribution in [0.2, 0.25) is 0 Å². The van der Waals surface area contributed by atoms with Crippen LogP contribution in [0, 0.1) is 0 Å². The summed E-state index contributed by atoms with van der Waals surface area (Å²) in [5.74, 6) is 0. The Morgan fingerprint density at radius 3 is 1.85 bits per heavy atom. The van der Waals surface area contributed by atoms with Gasteiger partial charge >= 0.3 is 0 Å². The van der Waals surface area contributed by atoms with E-state index in [1.807, 2.05) is 12.1 Å². The van der Waals surface area contributed by atoms with Gasteiger partial charge < -0.3 is 15.4 Å². The summed E-state index contributed by atoms with van der Waals surface area (Å²) in [4.78, 5) is 2.44. The van der Waals surface area contributed by atoms with Gasteiger partial charge in [-0.25, -0.2) is 0 Å². The molecule has 2 N–H and O–H groups in total. The average molecular weight is 368 g/mol. The number of piperidine rings is 1. The summed E-state index contributed by atoms with van der Waals surface area (Å²) in [7, 11) is 0. The van der Waals surface area contributed by atoms with Crippen LogP contribution in [0.1, 0.15) is 43.7 Å². The summed E-state index contributed by atoms with van der Waals surface area (Å²) in [5.41, 5.74) is 3.62. The van der Waals surface area contributed by atoms with E-state index in [-0.39, 0.29) is 0 Å². The lowest BCUT2D eigenvalue weighted by atomic mass is 10.1. The molecular weight excluding hydrogens is 334 g/mol. The maximum absolute atomic E-state index is 8.52. The lowest BCUT2D eigenvalue weighted by Crippen LogP contribution is -2.34. The summed E-state index contributed by atoms with van der Waals surface area (Å²) in [6.07, 6.45) is 4.43. The zero-order chi connectivity index (χ0) is 19.2. The fourth-order valence-corrected chi connectivity index (χ4v) is 3.06. The number of oxime groups is 1. The van der Waals surface area contributed by atoms with E-state index in [1.165, 1.54) is 30.5 Å². The first-order chi connectivity index (χ1) is 13.3. The summed E-state index contributed by atoms with van der Waals surface area (Å²) in [6, 6.07) is 20.9. The van der Waals surface area contributed by atoms with Crippen molar-refractivity contribution in [3.05, 3.63) is 71.8 Å². The molecule has 0 aliphatic carbocycles. The highest BCUT2D eigenvalue weighted by Gasteiger charge is 2.13. The Morgan fingerprint density at radius 2 is 1.41 bits per heavy atom. The zero-order valence-electron chi connectivity index (χ0n) is 16.5. The quantitative estimate of drug-likeness (QED) is 0.551. The van der Waals surface area contributed by atoms with Crippen LogP contribution in [-0.4, -0.2) is 35.5 Å². The van der Waals surface area contributed by atoms with Gasteiger partial charge in [-0.2, -0.15) is 0 Å². The van der Waals surface area contributed by atoms with E-state index in [0.29, 0.717) is 0 Å². The Bertz CT molecular complexity index is 594. The lowest BCUT2D eigenvalue weighted by molar-refractivity contribution is 0.260. The first-order valence-electron chi connectivity index (χ1n) is 10.0. The van der Waals surface area contributed by atoms with Gasteiger partial charge in [-0.05, 0) is 24.1 Å². The highest BCUT2D eigenvalue weighted by molar-refractivity contribution is 5.84. The van der Waals surface area contributed by atoms with Crippen LogP contribution in [0.15, 0.2) is 65.8 Å². The van der Waals surface area contributed by atoms with Gasteiger partial charge in [-0.15, -0.1) is 0 Å². The molecule has 2 aromatic carbocycles. The molecule has 1 fully saturated rings. The van der Waals surface area contributed by atoms with E-state index < -0.39 is 0 Å². The van der Waals surface area contributed by atoms with E-state index in [9.17, 15) is 0 Å². The number of rotatable bonds is 7. The summed E-state index contributed by atoms with van der Waals surface area (Å²) < 4.78 is 0. The molecule has 1 aliphatic heterocycles. The van der Waals surface area contributed by atoms with E-state index in [1.54, 1.807) is 0 Å². The molecule has 0 atom stereocenters. The molecular formula is C23H33N3O. The van der Waals surface area contributed by atoms with Crippen LogP contribution < -0.4 is 5.32 Å². The van der Waals surface area contributed by atoms with Crippen molar-refractivity contribution in [2.45, 2.75) is 45.7 Å². The van der Waals surface area contributed by atoms with Crippen LogP contribution in [0.4, 0.5) is 0 Å². The van der Waals surface area contributed by atoms with Gasteiger partial charge in [0.15, 0.2) is 0 Å². The van der Waals surface area contributed by atoms with Crippen molar-refractivity contribution < 1.29 is 5.21 Å². The second kappa shape index (κ2) is 13.1. The number of unbranched alkanes of at least 4 members (excludes halogenated alkanes) is 1. The molecule has 0 spiro atoms. The third-order valence-corrected chi connectivity index (χ3v) is 4.75. The largest absolute Gasteiger partial charge is 0.411 e. The first kappa shape index (κ1) is 21.1. The fraction of sp³-hybridized carbons (Fsp3) is 0.435. The molecule has 1 heterocycles. The highest BCUT2D eigenvalue weighted by Crippen LogP contribution is 2.07. The molecule has 0 radical (unpaired) electrons. The standard InChI is InChI=1S/C14H15N.C9H18N2O/c1-3-7-13(8-4-1)11-15-12-14-9-5-2-6-10-14;1-2-3-6-11-7-4-9(10-12)5-8-11/h1-10,15H,11-12H2;12H,2-8H2,1H3. The van der Waals surface area contributed by atoms with E-state index in [4.69, 9.17) is 5.21 Å². The smallest absolute Gasteiger partial charge is 0.0596 e. The Hall–Kier alpha value is -2.17. The molecule has 4 nitrogen and oxygen atoms in total. The monoisotopic (exact) mass is 367 g/mol. The van der Waals surface area contributed by atoms with E-state index >= 15 is 0 Å². The fourth-order valence-electron chi connectivity index (χ4n) is 3.06. The van der Waals surface area contributed by atoms with Gasteiger partial charge in [-0.3, -0.25) is 0 Å². The third kappa shape index (κ3) is 8.85. The van der Waals surface area contributed by atoms with Crippen molar-refractivity contribution in [1.29, 1.82) is 0 Å². The van der Waals surface area contributed by atoms with Crippen molar-refractivity contribution in [3.63, 3.8) is 0 Å². The minimum Gasteiger partial charge on any atom is -0.411 e. The predicted octanol–water partition coefficient (Wildman–Crippen LogP) is 4.69. The second-order valence-electron chi connectivity index (χ2n) is 6.94. The molecule has 1 aliphatic rings. The molecule has 27 heavy (non-hydrogen) atoms. The summed E-state index contributed by atoms with van der Waals surface area (Å²) >= 11 is 0. The Morgan fingerprint density at radius 1 is 0.889 bits per heavy atom. The molecule has 0 bridgehead atoms. The van der Waals surface area contributed by atoms with E-state index in [0.717, 1.165) is 44.7 Å². The van der Waals surface area contributed by atoms with Crippen LogP contribution in [0.3, 0.4) is 0 Å². The molecule has 0 unspecified atom stereocenters. The Labute approximate surface area is 163 Å². The van der Waals surface area contributed by atoms with E-state index in [2.05, 4.69) is 70.8 Å². The normalized spacial score (nSPS) is 14.3. The molecule has 0 saturated carbocycles. The molecule has 0 aromatic heterocycles. The van der Waals surface area contributed by atoms with Gasteiger partial charge in [0.2, 0.25) is 0 Å². The number of nitrogens with zero attached hydrogens (tertiary/aromatic N) is 2. The maximum Gasteiger partial charge on any atom is 0.0596 e. The first-order valence-corrected chi connectivity index (χ1v) is 10.0. The molecule has 3 rings (SSSR count). The van der Waals surface area contributed by atoms with Gasteiger partial charge in [-0.1, -0.05) is 79.2 Å². The minimum absolute atomic E-state index is 0.926. The number of benzene rings is 2. The number of nitrogens with one attached hydrogen (secondary N) is 1. The lowest BCUT2D eigenvalue weighted by Gasteiger charge is -2.26. The van der Waals surface area contributed by atoms with Gasteiger partial charge in [0.1, 0.15) is 0 Å². The number of hydrogen-bond donors (Lipinski definition) is 2. The van der Waals surface area contributed by atoms with Crippen LogP contribution >= 0.6 is 0 Å². The van der Waals surface area contributed by atoms with Crippen LogP contribution in [0.5, 0.6) is 0 Å². The number of likely N-dealkylation sites (tertiary alicyclic amines) is 1. The minimum atomic E-state index is 0.926. The summed E-state index contributed by atoms with van der Waals surface area (Å²) in [5, 5.41) is 15.2. The Balaban J connectivity index is 0.000000199. The summed E-state index contributed by atoms with van der Waals surface area (Å²) in [6.45, 7) is 7.41. The van der Waals surface area contributed by atoms with Gasteiger partial charge in [0, 0.05) is 39.0 Å². The van der Waals surface area contributed by atoms with Crippen molar-refractivity contribution in [1.82, 2.24) is 10.2 Å². The van der Waals surface area contributed by atoms with Crippen molar-refractivity contribution >= 4 is 5.71 Å². The van der Waals surface area contributed by atoms with Crippen molar-refractivity contribution in [2.75, 3.05) is 19.6 Å². The van der Waals surface area contributed by atoms with Crippen LogP contribution in [0.25, 0.3) is 0 Å². The molecule has 4 heteroatoms. The SMILES string of the molecule is CCCCN1CCC(=NO)CC1.c1ccc(CNCc2ccccc2)cc1. The highest BCUT2D eigenvalue weighted by atomic mass is 16.4. The Kier molecular flexibility index (Phi) is 10.2. The van der Waals surface area contributed by atoms with Crippen molar-refractivity contribution in [2.24, 2.45) is 5.16 Å².